The zero-order valence-electron chi connectivity index (χ0n) is 28.8. The van der Waals surface area contributed by atoms with Crippen LogP contribution >= 0.6 is 0 Å². The second-order valence-electron chi connectivity index (χ2n) is 13.9. The number of aromatic carboxylic acids is 2. The van der Waals surface area contributed by atoms with E-state index in [4.69, 9.17) is 9.47 Å². The maximum Gasteiger partial charge on any atom is 0.341 e. The van der Waals surface area contributed by atoms with Crippen LogP contribution in [0.5, 0.6) is 11.5 Å². The Bertz CT molecular complexity index is 2000. The number of pyridine rings is 2. The Balaban J connectivity index is 0.000000157. The number of methoxy groups -OCH3 is 2. The fraction of sp³-hybridized carbons (Fsp3) is 0.400. The van der Waals surface area contributed by atoms with Crippen molar-refractivity contribution in [3.8, 4) is 34.0 Å². The molecule has 4 aromatic rings. The molecular formula is C40H42N2O8. The molecule has 8 rings (SSSR count). The van der Waals surface area contributed by atoms with E-state index in [-0.39, 0.29) is 23.2 Å². The van der Waals surface area contributed by atoms with Crippen molar-refractivity contribution in [2.75, 3.05) is 14.2 Å². The summed E-state index contributed by atoms with van der Waals surface area (Å²) >= 11 is 0. The highest BCUT2D eigenvalue weighted by atomic mass is 16.5. The molecule has 2 N–H and O–H groups in total. The third kappa shape index (κ3) is 5.90. The molecule has 50 heavy (non-hydrogen) atoms. The number of ether oxygens (including phenoxy) is 2. The number of carbonyl (C=O) groups is 2. The van der Waals surface area contributed by atoms with Crippen molar-refractivity contribution in [2.24, 2.45) is 0 Å². The van der Waals surface area contributed by atoms with Gasteiger partial charge in [0.15, 0.2) is 10.9 Å². The molecule has 2 aliphatic carbocycles. The maximum atomic E-state index is 12.3. The van der Waals surface area contributed by atoms with Crippen LogP contribution in [0.4, 0.5) is 0 Å². The standard InChI is InChI=1S/2C20H21NO4/c2*1-3-13-6-12-7-19(25-2)15(11-4-5-11)8-14(12)17-9-18(22)16(20(23)24)10-21(13)17/h2*7-11,13H,3-6H2,1-2H3,(H,23,24)/t2*13-/m10/s1. The van der Waals surface area contributed by atoms with Gasteiger partial charge in [-0.15, -0.1) is 0 Å². The van der Waals surface area contributed by atoms with Crippen molar-refractivity contribution in [3.05, 3.63) is 103 Å². The zero-order chi connectivity index (χ0) is 35.4. The molecule has 260 valence electrons. The molecular weight excluding hydrogens is 636 g/mol. The third-order valence-corrected chi connectivity index (χ3v) is 10.8. The smallest absolute Gasteiger partial charge is 0.341 e. The van der Waals surface area contributed by atoms with Gasteiger partial charge in [-0.2, -0.15) is 0 Å². The second-order valence-corrected chi connectivity index (χ2v) is 13.9. The van der Waals surface area contributed by atoms with E-state index in [0.717, 1.165) is 96.5 Å². The number of rotatable bonds is 8. The molecule has 0 bridgehead atoms. The van der Waals surface area contributed by atoms with E-state index in [1.54, 1.807) is 14.2 Å². The predicted molar refractivity (Wildman–Crippen MR) is 189 cm³/mol. The van der Waals surface area contributed by atoms with Crippen LogP contribution in [0.1, 0.15) is 119 Å². The first kappa shape index (κ1) is 33.4. The number of nitrogens with zero attached hydrogens (tertiary/aromatic N) is 2. The van der Waals surface area contributed by atoms with Gasteiger partial charge in [0.25, 0.3) is 0 Å². The summed E-state index contributed by atoms with van der Waals surface area (Å²) in [5.74, 6) is 0.567. The van der Waals surface area contributed by atoms with Gasteiger partial charge in [0, 0.05) is 47.7 Å². The molecule has 10 heteroatoms. The SMILES string of the molecule is CC[C@@H]1Cc2cc(OC)c(C3CC3)cc2-c2cc(=O)c(C(=O)O)cn21.CC[C@H]1Cc2cc(OC)c(C3CC3)cc2-c2cc(=O)c(C(=O)O)cn21. The van der Waals surface area contributed by atoms with Gasteiger partial charge in [-0.1, -0.05) is 13.8 Å². The molecule has 0 unspecified atom stereocenters. The first-order valence-corrected chi connectivity index (χ1v) is 17.5. The summed E-state index contributed by atoms with van der Waals surface area (Å²) in [5.41, 5.74) is 7.18. The van der Waals surface area contributed by atoms with Gasteiger partial charge in [-0.25, -0.2) is 9.59 Å². The number of carboxylic acids is 2. The summed E-state index contributed by atoms with van der Waals surface area (Å²) in [6, 6.07) is 11.7. The molecule has 0 radical (unpaired) electrons. The van der Waals surface area contributed by atoms with E-state index in [0.29, 0.717) is 11.8 Å². The highest BCUT2D eigenvalue weighted by Gasteiger charge is 2.33. The molecule has 4 heterocycles. The van der Waals surface area contributed by atoms with Crippen molar-refractivity contribution >= 4 is 11.9 Å². The average molecular weight is 679 g/mol. The van der Waals surface area contributed by atoms with Crippen LogP contribution in [-0.4, -0.2) is 45.5 Å². The van der Waals surface area contributed by atoms with Gasteiger partial charge in [0.1, 0.15) is 22.6 Å². The van der Waals surface area contributed by atoms with Crippen LogP contribution < -0.4 is 20.3 Å². The van der Waals surface area contributed by atoms with Gasteiger partial charge in [-0.3, -0.25) is 9.59 Å². The highest BCUT2D eigenvalue weighted by molar-refractivity contribution is 5.88. The van der Waals surface area contributed by atoms with Crippen LogP contribution in [0.3, 0.4) is 0 Å². The molecule has 0 amide bonds. The molecule has 2 fully saturated rings. The van der Waals surface area contributed by atoms with Crippen molar-refractivity contribution < 1.29 is 29.3 Å². The molecule has 2 aromatic heterocycles. The minimum absolute atomic E-state index is 0.137. The van der Waals surface area contributed by atoms with E-state index >= 15 is 0 Å². The van der Waals surface area contributed by atoms with Crippen LogP contribution in [0.25, 0.3) is 22.5 Å². The van der Waals surface area contributed by atoms with E-state index in [2.05, 4.69) is 38.1 Å². The Morgan fingerprint density at radius 2 is 1.04 bits per heavy atom. The molecule has 2 aromatic carbocycles. The van der Waals surface area contributed by atoms with E-state index in [1.807, 2.05) is 9.13 Å². The van der Waals surface area contributed by atoms with E-state index < -0.39 is 22.8 Å². The quantitative estimate of drug-likeness (QED) is 0.199. The topological polar surface area (TPSA) is 137 Å². The summed E-state index contributed by atoms with van der Waals surface area (Å²) in [4.78, 5) is 47.3. The van der Waals surface area contributed by atoms with Crippen molar-refractivity contribution in [1.82, 2.24) is 9.13 Å². The number of hydrogen-bond donors (Lipinski definition) is 2. The lowest BCUT2D eigenvalue weighted by Gasteiger charge is -2.31. The Kier molecular flexibility index (Phi) is 8.66. The number of aromatic nitrogens is 2. The molecule has 2 aliphatic heterocycles. The van der Waals surface area contributed by atoms with Crippen LogP contribution in [0, 0.1) is 0 Å². The lowest BCUT2D eigenvalue weighted by molar-refractivity contribution is 0.0683. The van der Waals surface area contributed by atoms with Gasteiger partial charge in [0.2, 0.25) is 0 Å². The summed E-state index contributed by atoms with van der Waals surface area (Å²) in [7, 11) is 3.40. The molecule has 2 atom stereocenters. The van der Waals surface area contributed by atoms with Crippen molar-refractivity contribution in [1.29, 1.82) is 0 Å². The largest absolute Gasteiger partial charge is 0.496 e. The highest BCUT2D eigenvalue weighted by Crippen LogP contribution is 2.49. The maximum absolute atomic E-state index is 12.3. The summed E-state index contributed by atoms with van der Waals surface area (Å²) in [6.07, 6.45) is 11.0. The Labute approximate surface area is 289 Å². The monoisotopic (exact) mass is 678 g/mol. The van der Waals surface area contributed by atoms with Crippen LogP contribution in [0.15, 0.2) is 58.4 Å². The Morgan fingerprint density at radius 3 is 1.34 bits per heavy atom. The summed E-state index contributed by atoms with van der Waals surface area (Å²) in [6.45, 7) is 4.15. The van der Waals surface area contributed by atoms with Crippen LogP contribution in [-0.2, 0) is 12.8 Å². The van der Waals surface area contributed by atoms with Gasteiger partial charge in [-0.05, 0) is 110 Å². The minimum atomic E-state index is -1.17. The molecule has 0 spiro atoms. The molecule has 2 saturated carbocycles. The number of hydrogen-bond acceptors (Lipinski definition) is 6. The van der Waals surface area contributed by atoms with Gasteiger partial charge < -0.3 is 28.8 Å². The third-order valence-electron chi connectivity index (χ3n) is 10.8. The molecule has 4 aliphatic rings. The average Bonchev–Trinajstić information content (AvgIpc) is 4.04. The fourth-order valence-electron chi connectivity index (χ4n) is 7.72. The van der Waals surface area contributed by atoms with Crippen LogP contribution in [0.2, 0.25) is 0 Å². The number of benzene rings is 2. The molecule has 10 nitrogen and oxygen atoms in total. The fourth-order valence-corrected chi connectivity index (χ4v) is 7.72. The van der Waals surface area contributed by atoms with Crippen molar-refractivity contribution in [3.63, 3.8) is 0 Å². The Hall–Kier alpha value is -5.12. The minimum Gasteiger partial charge on any atom is -0.496 e. The van der Waals surface area contributed by atoms with Gasteiger partial charge in [0.05, 0.1) is 25.6 Å². The van der Waals surface area contributed by atoms with Gasteiger partial charge >= 0.3 is 11.9 Å². The first-order valence-electron chi connectivity index (χ1n) is 17.5. The lowest BCUT2D eigenvalue weighted by atomic mass is 9.88. The predicted octanol–water partition coefficient (Wildman–Crippen LogP) is 7.21. The summed E-state index contributed by atoms with van der Waals surface area (Å²) in [5, 5.41) is 18.6. The van der Waals surface area contributed by atoms with Crippen molar-refractivity contribution in [2.45, 2.75) is 89.1 Å². The summed E-state index contributed by atoms with van der Waals surface area (Å²) < 4.78 is 15.1. The molecule has 0 saturated heterocycles. The van der Waals surface area contributed by atoms with E-state index in [9.17, 15) is 29.4 Å². The zero-order valence-corrected chi connectivity index (χ0v) is 28.8. The normalized spacial score (nSPS) is 18.4. The number of carboxylic acid groups (broad SMARTS) is 2. The Morgan fingerprint density at radius 1 is 0.660 bits per heavy atom. The first-order chi connectivity index (χ1) is 24.1. The second kappa shape index (κ2) is 13.0. The lowest BCUT2D eigenvalue weighted by Crippen LogP contribution is -2.25. The van der Waals surface area contributed by atoms with E-state index in [1.165, 1.54) is 35.7 Å². The number of fused-ring (bicyclic) bond motifs is 6.